The van der Waals surface area contributed by atoms with E-state index < -0.39 is 5.60 Å². The third kappa shape index (κ3) is 2.54. The Morgan fingerprint density at radius 3 is 2.58 bits per heavy atom. The van der Waals surface area contributed by atoms with Crippen LogP contribution in [-0.2, 0) is 12.6 Å². The summed E-state index contributed by atoms with van der Waals surface area (Å²) < 4.78 is 3.60. The van der Waals surface area contributed by atoms with Crippen LogP contribution in [0.5, 0.6) is 0 Å². The number of aliphatic hydroxyl groups is 1. The fourth-order valence-electron chi connectivity index (χ4n) is 3.24. The molecular weight excluding hydrogens is 306 g/mol. The van der Waals surface area contributed by atoms with Crippen molar-refractivity contribution >= 4 is 5.82 Å². The average molecular weight is 325 g/mol. The quantitative estimate of drug-likeness (QED) is 0.769. The van der Waals surface area contributed by atoms with E-state index in [9.17, 15) is 5.11 Å². The number of anilines is 1. The number of imidazole rings is 1. The molecule has 8 heteroatoms. The maximum atomic E-state index is 10.9. The third-order valence-corrected chi connectivity index (χ3v) is 4.62. The minimum absolute atomic E-state index is 0.636. The molecule has 4 rings (SSSR count). The van der Waals surface area contributed by atoms with Crippen molar-refractivity contribution in [3.63, 3.8) is 0 Å². The number of hydrogen-bond donors (Lipinski definition) is 1. The van der Waals surface area contributed by atoms with Gasteiger partial charge in [0.1, 0.15) is 29.9 Å². The standard InChI is InChI=1S/C16H19N7O/c1-21-13(2-5-20-21)16(24)3-7-22(8-4-16)14-10-15(19-11-18-14)23-9-6-17-12-23/h2,5-6,9-12,24H,3-4,7-8H2,1H3. The average Bonchev–Trinajstić information content (AvgIpc) is 3.27. The summed E-state index contributed by atoms with van der Waals surface area (Å²) >= 11 is 0. The molecule has 8 nitrogen and oxygen atoms in total. The second kappa shape index (κ2) is 5.72. The maximum Gasteiger partial charge on any atom is 0.143 e. The van der Waals surface area contributed by atoms with E-state index in [2.05, 4.69) is 25.0 Å². The van der Waals surface area contributed by atoms with Gasteiger partial charge in [-0.1, -0.05) is 0 Å². The lowest BCUT2D eigenvalue weighted by atomic mass is 9.88. The van der Waals surface area contributed by atoms with Crippen LogP contribution >= 0.6 is 0 Å². The second-order valence-electron chi connectivity index (χ2n) is 6.06. The summed E-state index contributed by atoms with van der Waals surface area (Å²) in [6, 6.07) is 3.83. The summed E-state index contributed by atoms with van der Waals surface area (Å²) in [4.78, 5) is 14.9. The summed E-state index contributed by atoms with van der Waals surface area (Å²) in [5.41, 5.74) is 0.0334. The van der Waals surface area contributed by atoms with Gasteiger partial charge in [0.15, 0.2) is 0 Å². The van der Waals surface area contributed by atoms with E-state index in [4.69, 9.17) is 0 Å². The Balaban J connectivity index is 1.52. The van der Waals surface area contributed by atoms with E-state index in [1.165, 1.54) is 0 Å². The summed E-state index contributed by atoms with van der Waals surface area (Å²) in [6.45, 7) is 1.45. The monoisotopic (exact) mass is 325 g/mol. The molecule has 124 valence electrons. The van der Waals surface area contributed by atoms with Crippen LogP contribution in [0.1, 0.15) is 18.5 Å². The van der Waals surface area contributed by atoms with Gasteiger partial charge in [0.2, 0.25) is 0 Å². The van der Waals surface area contributed by atoms with Gasteiger partial charge in [0, 0.05) is 44.8 Å². The molecule has 24 heavy (non-hydrogen) atoms. The van der Waals surface area contributed by atoms with E-state index in [0.717, 1.165) is 30.4 Å². The number of piperidine rings is 1. The molecule has 1 saturated heterocycles. The molecule has 0 saturated carbocycles. The highest BCUT2D eigenvalue weighted by atomic mass is 16.3. The smallest absolute Gasteiger partial charge is 0.143 e. The van der Waals surface area contributed by atoms with Gasteiger partial charge in [-0.25, -0.2) is 15.0 Å². The van der Waals surface area contributed by atoms with Crippen molar-refractivity contribution in [2.75, 3.05) is 18.0 Å². The number of hydrogen-bond acceptors (Lipinski definition) is 6. The minimum atomic E-state index is -0.831. The predicted molar refractivity (Wildman–Crippen MR) is 87.7 cm³/mol. The van der Waals surface area contributed by atoms with Crippen LogP contribution in [0, 0.1) is 0 Å². The van der Waals surface area contributed by atoms with Crippen LogP contribution in [0.3, 0.4) is 0 Å². The van der Waals surface area contributed by atoms with Crippen molar-refractivity contribution < 1.29 is 5.11 Å². The van der Waals surface area contributed by atoms with Crippen molar-refractivity contribution in [3.05, 3.63) is 49.1 Å². The predicted octanol–water partition coefficient (Wildman–Crippen LogP) is 0.884. The van der Waals surface area contributed by atoms with Crippen LogP contribution in [0.15, 0.2) is 43.4 Å². The lowest BCUT2D eigenvalue weighted by Gasteiger charge is -2.38. The summed E-state index contributed by atoms with van der Waals surface area (Å²) in [7, 11) is 1.86. The molecule has 0 aliphatic carbocycles. The molecule has 4 heterocycles. The normalized spacial score (nSPS) is 17.2. The van der Waals surface area contributed by atoms with Crippen molar-refractivity contribution in [2.45, 2.75) is 18.4 Å². The Kier molecular flexibility index (Phi) is 3.53. The molecule has 0 unspecified atom stereocenters. The molecule has 0 amide bonds. The van der Waals surface area contributed by atoms with Crippen LogP contribution in [-0.4, -0.2) is 47.5 Å². The molecular formula is C16H19N7O. The zero-order valence-electron chi connectivity index (χ0n) is 13.4. The van der Waals surface area contributed by atoms with E-state index in [-0.39, 0.29) is 0 Å². The van der Waals surface area contributed by atoms with Gasteiger partial charge < -0.3 is 10.0 Å². The van der Waals surface area contributed by atoms with Gasteiger partial charge in [-0.15, -0.1) is 0 Å². The molecule has 1 fully saturated rings. The Labute approximate surface area is 139 Å². The highest BCUT2D eigenvalue weighted by molar-refractivity contribution is 5.44. The van der Waals surface area contributed by atoms with Crippen molar-refractivity contribution in [1.82, 2.24) is 29.3 Å². The summed E-state index contributed by atoms with van der Waals surface area (Å²) in [5.74, 6) is 1.64. The van der Waals surface area contributed by atoms with Crippen LogP contribution in [0.4, 0.5) is 5.82 Å². The van der Waals surface area contributed by atoms with E-state index in [0.29, 0.717) is 12.8 Å². The highest BCUT2D eigenvalue weighted by Crippen LogP contribution is 2.33. The van der Waals surface area contributed by atoms with Gasteiger partial charge in [-0.3, -0.25) is 9.25 Å². The van der Waals surface area contributed by atoms with Crippen LogP contribution in [0.25, 0.3) is 5.82 Å². The van der Waals surface area contributed by atoms with Crippen LogP contribution < -0.4 is 4.90 Å². The lowest BCUT2D eigenvalue weighted by Crippen LogP contribution is -2.44. The lowest BCUT2D eigenvalue weighted by molar-refractivity contribution is 0.00403. The van der Waals surface area contributed by atoms with E-state index in [1.807, 2.05) is 29.9 Å². The Bertz CT molecular complexity index is 819. The first-order chi connectivity index (χ1) is 11.7. The molecule has 0 aromatic carbocycles. The first kappa shape index (κ1) is 14.8. The Morgan fingerprint density at radius 1 is 1.12 bits per heavy atom. The fourth-order valence-corrected chi connectivity index (χ4v) is 3.24. The minimum Gasteiger partial charge on any atom is -0.383 e. The zero-order chi connectivity index (χ0) is 16.6. The first-order valence-corrected chi connectivity index (χ1v) is 7.92. The zero-order valence-corrected chi connectivity index (χ0v) is 13.4. The molecule has 0 radical (unpaired) electrons. The molecule has 3 aromatic heterocycles. The second-order valence-corrected chi connectivity index (χ2v) is 6.06. The molecule has 0 spiro atoms. The Hall–Kier alpha value is -2.74. The van der Waals surface area contributed by atoms with Gasteiger partial charge in [-0.2, -0.15) is 5.10 Å². The summed E-state index contributed by atoms with van der Waals surface area (Å²) in [5, 5.41) is 15.1. The molecule has 1 aliphatic heterocycles. The van der Waals surface area contributed by atoms with Gasteiger partial charge in [0.05, 0.1) is 5.69 Å². The molecule has 1 aliphatic rings. The molecule has 3 aromatic rings. The van der Waals surface area contributed by atoms with Crippen molar-refractivity contribution in [2.24, 2.45) is 7.05 Å². The molecule has 1 N–H and O–H groups in total. The largest absolute Gasteiger partial charge is 0.383 e. The molecule has 0 bridgehead atoms. The molecule has 0 atom stereocenters. The third-order valence-electron chi connectivity index (χ3n) is 4.62. The highest BCUT2D eigenvalue weighted by Gasteiger charge is 2.36. The number of rotatable bonds is 3. The fraction of sp³-hybridized carbons (Fsp3) is 0.375. The van der Waals surface area contributed by atoms with Gasteiger partial charge in [0.25, 0.3) is 0 Å². The van der Waals surface area contributed by atoms with E-state index in [1.54, 1.807) is 29.7 Å². The van der Waals surface area contributed by atoms with Gasteiger partial charge in [-0.05, 0) is 18.9 Å². The first-order valence-electron chi connectivity index (χ1n) is 7.92. The van der Waals surface area contributed by atoms with Gasteiger partial charge >= 0.3 is 0 Å². The topological polar surface area (TPSA) is 84.9 Å². The van der Waals surface area contributed by atoms with Crippen molar-refractivity contribution in [1.29, 1.82) is 0 Å². The maximum absolute atomic E-state index is 10.9. The number of aryl methyl sites for hydroxylation is 1. The van der Waals surface area contributed by atoms with Crippen molar-refractivity contribution in [3.8, 4) is 5.82 Å². The van der Waals surface area contributed by atoms with E-state index >= 15 is 0 Å². The SMILES string of the molecule is Cn1nccc1C1(O)CCN(c2cc(-n3ccnc3)ncn2)CC1. The Morgan fingerprint density at radius 2 is 1.92 bits per heavy atom. The summed E-state index contributed by atoms with van der Waals surface area (Å²) in [6.07, 6.45) is 9.84. The number of nitrogens with zero attached hydrogens (tertiary/aromatic N) is 7. The van der Waals surface area contributed by atoms with Crippen LogP contribution in [0.2, 0.25) is 0 Å². The number of aromatic nitrogens is 6.